The van der Waals surface area contributed by atoms with Gasteiger partial charge in [0.1, 0.15) is 18.2 Å². The Morgan fingerprint density at radius 1 is 1.06 bits per heavy atom. The van der Waals surface area contributed by atoms with E-state index in [-0.39, 0.29) is 37.2 Å². The number of hydrogen-bond donors (Lipinski definition) is 2. The van der Waals surface area contributed by atoms with Crippen molar-refractivity contribution in [2.45, 2.75) is 13.0 Å². The molecule has 3 aromatic carbocycles. The first kappa shape index (κ1) is 22.9. The highest BCUT2D eigenvalue weighted by molar-refractivity contribution is 6.35. The normalized spacial score (nSPS) is 15.4. The van der Waals surface area contributed by atoms with Gasteiger partial charge in [0.25, 0.3) is 0 Å². The molecule has 2 N–H and O–H groups in total. The minimum Gasteiger partial charge on any atom is -0.489 e. The largest absolute Gasteiger partial charge is 0.489 e. The molecule has 0 aliphatic carbocycles. The average Bonchev–Trinajstić information content (AvgIpc) is 3.19. The van der Waals surface area contributed by atoms with Crippen LogP contribution in [0.25, 0.3) is 0 Å². The molecule has 1 saturated heterocycles. The van der Waals surface area contributed by atoms with Gasteiger partial charge in [-0.2, -0.15) is 0 Å². The van der Waals surface area contributed by atoms with Crippen LogP contribution in [-0.4, -0.2) is 18.4 Å². The number of hydrogen-bond acceptors (Lipinski definition) is 4. The predicted molar refractivity (Wildman–Crippen MR) is 126 cm³/mol. The van der Waals surface area contributed by atoms with Gasteiger partial charge in [-0.1, -0.05) is 35.3 Å². The molecule has 1 aliphatic rings. The highest BCUT2D eigenvalue weighted by Gasteiger charge is 2.35. The zero-order valence-electron chi connectivity index (χ0n) is 17.4. The maximum absolute atomic E-state index is 13.1. The number of carbonyl (C=O) groups is 2. The molecule has 0 spiro atoms. The van der Waals surface area contributed by atoms with E-state index in [0.717, 1.165) is 0 Å². The number of nitrogens with zero attached hydrogens (tertiary/aromatic N) is 1. The first-order valence-electron chi connectivity index (χ1n) is 10.2. The monoisotopic (exact) mass is 487 g/mol. The molecule has 0 saturated carbocycles. The van der Waals surface area contributed by atoms with Crippen LogP contribution in [0.15, 0.2) is 66.7 Å². The Morgan fingerprint density at radius 3 is 2.48 bits per heavy atom. The van der Waals surface area contributed by atoms with Gasteiger partial charge >= 0.3 is 0 Å². The summed E-state index contributed by atoms with van der Waals surface area (Å²) >= 11 is 12.3. The highest BCUT2D eigenvalue weighted by Crippen LogP contribution is 2.27. The Morgan fingerprint density at radius 2 is 1.76 bits per heavy atom. The van der Waals surface area contributed by atoms with Crippen molar-refractivity contribution >= 4 is 46.4 Å². The Kier molecular flexibility index (Phi) is 7.01. The Balaban J connectivity index is 1.32. The van der Waals surface area contributed by atoms with Crippen LogP contribution in [0.4, 0.5) is 15.8 Å². The number of nitrogens with one attached hydrogen (secondary N) is 2. The van der Waals surface area contributed by atoms with E-state index in [1.165, 1.54) is 29.2 Å². The molecule has 9 heteroatoms. The van der Waals surface area contributed by atoms with E-state index >= 15 is 0 Å². The second kappa shape index (κ2) is 10.1. The molecular formula is C24H20Cl2FN3O3. The third kappa shape index (κ3) is 5.56. The summed E-state index contributed by atoms with van der Waals surface area (Å²) in [6, 6.07) is 17.9. The topological polar surface area (TPSA) is 70.7 Å². The van der Waals surface area contributed by atoms with E-state index in [2.05, 4.69) is 10.9 Å². The Hall–Kier alpha value is -3.29. The van der Waals surface area contributed by atoms with Crippen LogP contribution in [0.1, 0.15) is 12.0 Å². The minimum absolute atomic E-state index is 0.0760. The van der Waals surface area contributed by atoms with E-state index < -0.39 is 5.92 Å². The lowest BCUT2D eigenvalue weighted by atomic mass is 10.1. The van der Waals surface area contributed by atoms with Gasteiger partial charge in [-0.15, -0.1) is 0 Å². The molecule has 0 unspecified atom stereocenters. The summed E-state index contributed by atoms with van der Waals surface area (Å²) < 4.78 is 18.9. The van der Waals surface area contributed by atoms with E-state index in [9.17, 15) is 14.0 Å². The molecule has 2 amide bonds. The smallest absolute Gasteiger partial charge is 0.243 e. The van der Waals surface area contributed by atoms with E-state index in [4.69, 9.17) is 27.9 Å². The summed E-state index contributed by atoms with van der Waals surface area (Å²) in [6.45, 7) is 0.414. The highest BCUT2D eigenvalue weighted by atomic mass is 35.5. The van der Waals surface area contributed by atoms with Crippen LogP contribution in [0.2, 0.25) is 10.0 Å². The summed E-state index contributed by atoms with van der Waals surface area (Å²) in [5, 5.41) is 1.04. The Bertz CT molecular complexity index is 1150. The summed E-state index contributed by atoms with van der Waals surface area (Å²) in [5.74, 6) is -0.858. The maximum Gasteiger partial charge on any atom is 0.243 e. The Labute approximate surface area is 200 Å². The van der Waals surface area contributed by atoms with Gasteiger partial charge in [-0.05, 0) is 48.5 Å². The molecule has 0 bridgehead atoms. The molecule has 33 heavy (non-hydrogen) atoms. The lowest BCUT2D eigenvalue weighted by molar-refractivity contribution is -0.125. The number of ether oxygens (including phenoxy) is 1. The van der Waals surface area contributed by atoms with Gasteiger partial charge in [0.05, 0.1) is 11.6 Å². The molecule has 3 aromatic rings. The van der Waals surface area contributed by atoms with Crippen LogP contribution in [0.5, 0.6) is 5.75 Å². The van der Waals surface area contributed by atoms with Crippen molar-refractivity contribution < 1.29 is 18.7 Å². The molecule has 1 heterocycles. The molecule has 0 aromatic heterocycles. The molecule has 6 nitrogen and oxygen atoms in total. The zero-order chi connectivity index (χ0) is 23.4. The number of hydrazine groups is 1. The number of amides is 2. The quantitative estimate of drug-likeness (QED) is 0.449. The second-order valence-electron chi connectivity index (χ2n) is 7.51. The number of halogens is 3. The number of carbonyl (C=O) groups excluding carboxylic acids is 2. The summed E-state index contributed by atoms with van der Waals surface area (Å²) in [6.07, 6.45) is 0.0760. The fourth-order valence-corrected chi connectivity index (χ4v) is 3.99. The summed E-state index contributed by atoms with van der Waals surface area (Å²) in [7, 11) is 0. The van der Waals surface area contributed by atoms with Gasteiger partial charge in [0.2, 0.25) is 11.8 Å². The summed E-state index contributed by atoms with van der Waals surface area (Å²) in [5.41, 5.74) is 7.33. The van der Waals surface area contributed by atoms with E-state index in [1.54, 1.807) is 42.5 Å². The maximum atomic E-state index is 13.1. The van der Waals surface area contributed by atoms with Crippen molar-refractivity contribution in [2.75, 3.05) is 16.9 Å². The van der Waals surface area contributed by atoms with Crippen molar-refractivity contribution in [1.29, 1.82) is 0 Å². The van der Waals surface area contributed by atoms with Crippen LogP contribution in [0, 0.1) is 11.7 Å². The van der Waals surface area contributed by atoms with E-state index in [1.807, 2.05) is 0 Å². The standard InChI is InChI=1S/C24H20Cl2FN3O3/c25-21-5-2-6-22(26)20(21)14-33-19-4-1-3-17(12-19)28-29-24(32)15-11-23(31)30(13-15)18-9-7-16(27)8-10-18/h1-10,12,15,28H,11,13-14H2,(H,29,32)/t15-/m1/s1. The van der Waals surface area contributed by atoms with Crippen molar-refractivity contribution in [3.63, 3.8) is 0 Å². The van der Waals surface area contributed by atoms with Crippen molar-refractivity contribution in [2.24, 2.45) is 5.92 Å². The third-order valence-corrected chi connectivity index (χ3v) is 5.95. The van der Waals surface area contributed by atoms with Crippen molar-refractivity contribution in [1.82, 2.24) is 5.43 Å². The van der Waals surface area contributed by atoms with Crippen LogP contribution >= 0.6 is 23.2 Å². The van der Waals surface area contributed by atoms with Crippen molar-refractivity contribution in [3.05, 3.63) is 88.2 Å². The molecule has 1 fully saturated rings. The molecule has 0 radical (unpaired) electrons. The van der Waals surface area contributed by atoms with Crippen molar-refractivity contribution in [3.8, 4) is 5.75 Å². The molecule has 170 valence electrons. The SMILES string of the molecule is O=C(NNc1cccc(OCc2c(Cl)cccc2Cl)c1)[C@@H]1CC(=O)N(c2ccc(F)cc2)C1. The molecule has 4 rings (SSSR count). The van der Waals surface area contributed by atoms with Crippen LogP contribution < -0.4 is 20.5 Å². The lowest BCUT2D eigenvalue weighted by Crippen LogP contribution is -2.36. The average molecular weight is 488 g/mol. The number of anilines is 2. The van der Waals surface area contributed by atoms with Gasteiger partial charge in [0, 0.05) is 40.3 Å². The fourth-order valence-electron chi connectivity index (χ4n) is 3.48. The molecule has 1 aliphatic heterocycles. The van der Waals surface area contributed by atoms with Crippen LogP contribution in [0.3, 0.4) is 0 Å². The third-order valence-electron chi connectivity index (χ3n) is 5.24. The van der Waals surface area contributed by atoms with Gasteiger partial charge in [-0.3, -0.25) is 20.4 Å². The zero-order valence-corrected chi connectivity index (χ0v) is 18.9. The number of rotatable bonds is 7. The predicted octanol–water partition coefficient (Wildman–Crippen LogP) is 5.21. The minimum atomic E-state index is -0.531. The lowest BCUT2D eigenvalue weighted by Gasteiger charge is -2.17. The molecular weight excluding hydrogens is 468 g/mol. The van der Waals surface area contributed by atoms with E-state index in [0.29, 0.717) is 32.7 Å². The summed E-state index contributed by atoms with van der Waals surface area (Å²) in [4.78, 5) is 26.4. The van der Waals surface area contributed by atoms with Gasteiger partial charge in [0.15, 0.2) is 0 Å². The number of benzene rings is 3. The van der Waals surface area contributed by atoms with Gasteiger partial charge < -0.3 is 9.64 Å². The first-order chi connectivity index (χ1) is 15.9. The first-order valence-corrected chi connectivity index (χ1v) is 10.9. The second-order valence-corrected chi connectivity index (χ2v) is 8.33. The molecule has 1 atom stereocenters. The van der Waals surface area contributed by atoms with Crippen LogP contribution in [-0.2, 0) is 16.2 Å². The van der Waals surface area contributed by atoms with Gasteiger partial charge in [-0.25, -0.2) is 4.39 Å². The fraction of sp³-hybridized carbons (Fsp3) is 0.167.